The smallest absolute Gasteiger partial charge is 0.244 e. The summed E-state index contributed by atoms with van der Waals surface area (Å²) < 4.78 is 0. The molecule has 0 saturated carbocycles. The van der Waals surface area contributed by atoms with Crippen LogP contribution in [-0.4, -0.2) is 123 Å². The van der Waals surface area contributed by atoms with Gasteiger partial charge in [0.25, 0.3) is 0 Å². The number of rotatable bonds is 16. The van der Waals surface area contributed by atoms with Crippen LogP contribution < -0.4 is 49.1 Å². The number of para-hydroxylation sites is 1. The van der Waals surface area contributed by atoms with E-state index in [0.29, 0.717) is 30.5 Å². The summed E-state index contributed by atoms with van der Waals surface area (Å²) in [6.07, 6.45) is 1.27. The Hall–Kier alpha value is -6.13. The average Bonchev–Trinajstić information content (AvgIpc) is 3.70. The molecule has 1 aromatic heterocycles. The molecule has 1 aliphatic rings. The molecule has 5 rings (SSSR count). The third-order valence-electron chi connectivity index (χ3n) is 10.9. The highest BCUT2D eigenvalue weighted by Gasteiger charge is 2.35. The van der Waals surface area contributed by atoms with Crippen molar-refractivity contribution in [3.05, 3.63) is 102 Å². The second kappa shape index (κ2) is 25.0. The van der Waals surface area contributed by atoms with Crippen LogP contribution in [0, 0.1) is 0 Å². The number of hydrogen-bond donors (Lipinski definition) is 12. The summed E-state index contributed by atoms with van der Waals surface area (Å²) in [5.74, 6) is -5.94. The summed E-state index contributed by atoms with van der Waals surface area (Å²) in [5, 5.41) is 37.1. The minimum Gasteiger partial charge on any atom is -0.508 e. The summed E-state index contributed by atoms with van der Waals surface area (Å²) in [7, 11) is 2.10. The van der Waals surface area contributed by atoms with Gasteiger partial charge in [-0.1, -0.05) is 82.3 Å². The number of amides is 7. The molecular formula is C45H58N10O9S2. The lowest BCUT2D eigenvalue weighted by molar-refractivity contribution is -0.135. The number of carbonyl (C=O) groups excluding carboxylic acids is 7. The zero-order valence-corrected chi connectivity index (χ0v) is 38.0. The van der Waals surface area contributed by atoms with Crippen LogP contribution in [0.5, 0.6) is 5.75 Å². The van der Waals surface area contributed by atoms with Gasteiger partial charge in [-0.3, -0.25) is 33.6 Å². The number of aromatic amines is 1. The van der Waals surface area contributed by atoms with Crippen molar-refractivity contribution in [2.75, 3.05) is 18.1 Å². The fraction of sp³-hybridized carbons (Fsp3) is 0.400. The number of carbonyl (C=O) groups is 7. The first kappa shape index (κ1) is 50.9. The number of unbranched alkanes of at least 4 members (excludes halogenated alkanes) is 1. The van der Waals surface area contributed by atoms with Gasteiger partial charge in [-0.05, 0) is 74.0 Å². The SMILES string of the molecule is C[C@@H](O)[C@H](NC(=O)C1CSSCC(NC(=O)[C@H](N)Cc2ccccc2)C(=O)NC(Cc2ccc(O)cc2)C(=O)N[C@H](Cc2c[nH]c3ccccc23)C(=O)NC(CCCCN)C(=O)N1)C(N)=O. The number of hydrogen-bond acceptors (Lipinski definition) is 13. The molecule has 0 radical (unpaired) electrons. The van der Waals surface area contributed by atoms with Crippen molar-refractivity contribution in [3.8, 4) is 5.75 Å². The first-order chi connectivity index (χ1) is 31.6. The van der Waals surface area contributed by atoms with Crippen LogP contribution in [0.2, 0.25) is 0 Å². The first-order valence-electron chi connectivity index (χ1n) is 21.5. The van der Waals surface area contributed by atoms with Crippen LogP contribution in [-0.2, 0) is 52.8 Å². The molecule has 3 aromatic carbocycles. The number of aromatic nitrogens is 1. The number of aliphatic hydroxyl groups excluding tert-OH is 1. The first-order valence-corrected chi connectivity index (χ1v) is 24.0. The topological polar surface area (TPSA) is 326 Å². The number of aliphatic hydroxyl groups is 1. The lowest BCUT2D eigenvalue weighted by Crippen LogP contribution is -2.61. The summed E-state index contributed by atoms with van der Waals surface area (Å²) in [5.41, 5.74) is 20.3. The van der Waals surface area contributed by atoms with Gasteiger partial charge in [0.15, 0.2) is 0 Å². The third kappa shape index (κ3) is 15.0. The summed E-state index contributed by atoms with van der Waals surface area (Å²) in [6.45, 7) is 1.55. The Morgan fingerprint density at radius 1 is 0.773 bits per heavy atom. The van der Waals surface area contributed by atoms with Crippen molar-refractivity contribution in [2.45, 2.75) is 93.8 Å². The Labute approximate surface area is 389 Å². The third-order valence-corrected chi connectivity index (χ3v) is 13.3. The molecule has 21 heteroatoms. The van der Waals surface area contributed by atoms with E-state index in [0.717, 1.165) is 38.1 Å². The van der Waals surface area contributed by atoms with E-state index in [1.165, 1.54) is 19.1 Å². The number of H-pyrrole nitrogens is 1. The van der Waals surface area contributed by atoms with E-state index in [4.69, 9.17) is 17.2 Å². The Bertz CT molecular complexity index is 2300. The number of benzene rings is 3. The normalized spacial score (nSPS) is 21.5. The largest absolute Gasteiger partial charge is 0.508 e. The van der Waals surface area contributed by atoms with Gasteiger partial charge in [0, 0.05) is 41.4 Å². The van der Waals surface area contributed by atoms with E-state index in [2.05, 4.69) is 36.9 Å². The number of nitrogens with one attached hydrogen (secondary N) is 7. The van der Waals surface area contributed by atoms with Gasteiger partial charge in [-0.2, -0.15) is 0 Å². The lowest BCUT2D eigenvalue weighted by atomic mass is 10.0. The quantitative estimate of drug-likeness (QED) is 0.0500. The van der Waals surface area contributed by atoms with Crippen LogP contribution in [0.4, 0.5) is 0 Å². The summed E-state index contributed by atoms with van der Waals surface area (Å²) in [6, 6.07) is 13.2. The maximum atomic E-state index is 14.6. The molecule has 0 aliphatic carbocycles. The van der Waals surface area contributed by atoms with Crippen LogP contribution in [0.25, 0.3) is 10.9 Å². The molecule has 1 fully saturated rings. The van der Waals surface area contributed by atoms with Gasteiger partial charge in [0.1, 0.15) is 42.0 Å². The molecule has 354 valence electrons. The van der Waals surface area contributed by atoms with Crippen LogP contribution in [0.3, 0.4) is 0 Å². The Morgan fingerprint density at radius 2 is 1.39 bits per heavy atom. The van der Waals surface area contributed by atoms with Crippen LogP contribution in [0.15, 0.2) is 85.1 Å². The molecule has 0 bridgehead atoms. The van der Waals surface area contributed by atoms with E-state index in [1.54, 1.807) is 42.6 Å². The molecule has 19 nitrogen and oxygen atoms in total. The van der Waals surface area contributed by atoms with Crippen molar-refractivity contribution in [1.29, 1.82) is 0 Å². The Kier molecular flexibility index (Phi) is 19.2. The number of primary amides is 1. The molecular weight excluding hydrogens is 889 g/mol. The Morgan fingerprint density at radius 3 is 2.08 bits per heavy atom. The maximum Gasteiger partial charge on any atom is 0.244 e. The van der Waals surface area contributed by atoms with Gasteiger partial charge >= 0.3 is 0 Å². The van der Waals surface area contributed by atoms with Gasteiger partial charge in [0.05, 0.1) is 12.1 Å². The predicted molar refractivity (Wildman–Crippen MR) is 252 cm³/mol. The number of fused-ring (bicyclic) bond motifs is 1. The highest BCUT2D eigenvalue weighted by atomic mass is 33.1. The van der Waals surface area contributed by atoms with E-state index in [1.807, 2.05) is 30.3 Å². The average molecular weight is 947 g/mol. The lowest BCUT2D eigenvalue weighted by Gasteiger charge is -2.27. The zero-order chi connectivity index (χ0) is 47.8. The van der Waals surface area contributed by atoms with Crippen molar-refractivity contribution in [2.24, 2.45) is 17.2 Å². The maximum absolute atomic E-state index is 14.6. The van der Waals surface area contributed by atoms with Crippen molar-refractivity contribution in [1.82, 2.24) is 36.9 Å². The minimum atomic E-state index is -1.51. The van der Waals surface area contributed by atoms with Crippen LogP contribution >= 0.6 is 21.6 Å². The van der Waals surface area contributed by atoms with Gasteiger partial charge < -0.3 is 64.3 Å². The molecule has 7 amide bonds. The fourth-order valence-corrected chi connectivity index (χ4v) is 9.51. The van der Waals surface area contributed by atoms with Gasteiger partial charge in [0.2, 0.25) is 41.4 Å². The zero-order valence-electron chi connectivity index (χ0n) is 36.4. The van der Waals surface area contributed by atoms with Crippen LogP contribution in [0.1, 0.15) is 42.9 Å². The molecule has 2 heterocycles. The van der Waals surface area contributed by atoms with Crippen molar-refractivity contribution in [3.63, 3.8) is 0 Å². The monoisotopic (exact) mass is 946 g/mol. The molecule has 8 atom stereocenters. The standard InChI is InChI=1S/C45H58N10O9S2/c1-25(56)38(39(48)58)55-45(64)37-24-66-65-23-36(53-40(59)31(47)19-26-9-3-2-4-10-26)44(63)51-34(20-27-14-16-29(57)17-15-27)42(61)52-35(21-28-22-49-32-12-6-5-11-30(28)32)43(62)50-33(41(60)54-37)13-7-8-18-46/h2-6,9-12,14-17,22,25,31,33-38,49,56-57H,7-8,13,18-21,23-24,46-47H2,1H3,(H2,48,58)(H,50,62)(H,51,63)(H,52,61)(H,53,59)(H,54,60)(H,55,64)/t25-,31-,33?,34?,35-,36?,37?,38+/m1/s1. The van der Waals surface area contributed by atoms with E-state index >= 15 is 0 Å². The predicted octanol–water partition coefficient (Wildman–Crippen LogP) is -0.472. The highest BCUT2D eigenvalue weighted by Crippen LogP contribution is 2.25. The van der Waals surface area contributed by atoms with Gasteiger partial charge in [-0.15, -0.1) is 0 Å². The second-order valence-electron chi connectivity index (χ2n) is 16.0. The summed E-state index contributed by atoms with van der Waals surface area (Å²) >= 11 is 0. The molecule has 15 N–H and O–H groups in total. The fourth-order valence-electron chi connectivity index (χ4n) is 7.18. The molecule has 1 saturated heterocycles. The van der Waals surface area contributed by atoms with Crippen molar-refractivity contribution >= 4 is 73.8 Å². The molecule has 4 aromatic rings. The molecule has 0 spiro atoms. The van der Waals surface area contributed by atoms with Crippen molar-refractivity contribution < 1.29 is 43.8 Å². The minimum absolute atomic E-state index is 0.0267. The Balaban J connectivity index is 1.54. The number of phenolic OH excluding ortho intramolecular Hbond substituents is 1. The molecule has 4 unspecified atom stereocenters. The number of nitrogens with two attached hydrogens (primary N) is 3. The number of aromatic hydroxyl groups is 1. The van der Waals surface area contributed by atoms with E-state index < -0.39 is 89.7 Å². The molecule has 1 aliphatic heterocycles. The van der Waals surface area contributed by atoms with E-state index in [9.17, 15) is 43.8 Å². The second-order valence-corrected chi connectivity index (χ2v) is 18.6. The number of phenols is 1. The molecule has 66 heavy (non-hydrogen) atoms. The summed E-state index contributed by atoms with van der Waals surface area (Å²) in [4.78, 5) is 100. The van der Waals surface area contributed by atoms with Gasteiger partial charge in [-0.25, -0.2) is 0 Å². The van der Waals surface area contributed by atoms with E-state index in [-0.39, 0.29) is 42.9 Å². The highest BCUT2D eigenvalue weighted by molar-refractivity contribution is 8.76.